The van der Waals surface area contributed by atoms with E-state index in [4.69, 9.17) is 14.6 Å². The van der Waals surface area contributed by atoms with Crippen LogP contribution in [0.25, 0.3) is 11.1 Å². The van der Waals surface area contributed by atoms with E-state index in [0.29, 0.717) is 6.54 Å². The second-order valence-corrected chi connectivity index (χ2v) is 13.4. The van der Waals surface area contributed by atoms with Gasteiger partial charge >= 0.3 is 5.97 Å². The smallest absolute Gasteiger partial charge is 0.303 e. The molecule has 2 heterocycles. The fourth-order valence-corrected chi connectivity index (χ4v) is 6.79. The zero-order valence-corrected chi connectivity index (χ0v) is 28.6. The van der Waals surface area contributed by atoms with E-state index >= 15 is 0 Å². The van der Waals surface area contributed by atoms with Crippen molar-refractivity contribution in [1.29, 1.82) is 0 Å². The molecule has 0 aliphatic carbocycles. The lowest BCUT2D eigenvalue weighted by molar-refractivity contribution is -0.276. The molecule has 0 bridgehead atoms. The number of ether oxygens (including phenoxy) is 2. The minimum atomic E-state index is -0.989. The van der Waals surface area contributed by atoms with Crippen molar-refractivity contribution in [2.45, 2.75) is 58.0 Å². The molecule has 1 amide bonds. The number of benzene rings is 4. The number of aliphatic hydroxyl groups excluding tert-OH is 1. The van der Waals surface area contributed by atoms with E-state index in [9.17, 15) is 14.7 Å². The highest BCUT2D eigenvalue weighted by Crippen LogP contribution is 2.42. The fourth-order valence-electron chi connectivity index (χ4n) is 6.79. The van der Waals surface area contributed by atoms with E-state index in [-0.39, 0.29) is 43.5 Å². The minimum Gasteiger partial charge on any atom is -0.481 e. The maximum absolute atomic E-state index is 12.1. The van der Waals surface area contributed by atoms with E-state index in [2.05, 4.69) is 76.6 Å². The molecule has 2 fully saturated rings. The van der Waals surface area contributed by atoms with Crippen molar-refractivity contribution in [3.8, 4) is 11.1 Å². The molecule has 0 saturated carbocycles. The Hall–Kier alpha value is -4.38. The first-order valence-corrected chi connectivity index (χ1v) is 17.5. The fraction of sp³-hybridized carbons (Fsp3) is 0.366. The monoisotopic (exact) mass is 677 g/mol. The second kappa shape index (κ2) is 17.0. The molecule has 2 aliphatic heterocycles. The maximum Gasteiger partial charge on any atom is 0.303 e. The van der Waals surface area contributed by atoms with Gasteiger partial charge in [0.1, 0.15) is 0 Å². The van der Waals surface area contributed by atoms with Crippen molar-refractivity contribution in [3.63, 3.8) is 0 Å². The summed E-state index contributed by atoms with van der Waals surface area (Å²) in [6, 6.07) is 34.8. The van der Waals surface area contributed by atoms with Gasteiger partial charge in [-0.1, -0.05) is 97.9 Å². The molecule has 6 rings (SSSR count). The Morgan fingerprint density at radius 1 is 0.740 bits per heavy atom. The molecule has 262 valence electrons. The number of aliphatic hydroxyl groups is 1. The average molecular weight is 678 g/mol. The number of piperazine rings is 1. The third-order valence-electron chi connectivity index (χ3n) is 9.75. The molecule has 0 spiro atoms. The summed E-state index contributed by atoms with van der Waals surface area (Å²) < 4.78 is 13.6. The van der Waals surface area contributed by atoms with Crippen molar-refractivity contribution < 1.29 is 29.3 Å². The molecule has 3 N–H and O–H groups in total. The molecular weight excluding hydrogens is 630 g/mol. The summed E-state index contributed by atoms with van der Waals surface area (Å²) in [4.78, 5) is 27.9. The number of carbonyl (C=O) groups is 2. The van der Waals surface area contributed by atoms with Crippen LogP contribution in [0.5, 0.6) is 0 Å². The van der Waals surface area contributed by atoms with Gasteiger partial charge in [0.15, 0.2) is 6.29 Å². The lowest BCUT2D eigenvalue weighted by Gasteiger charge is -2.44. The standard InChI is InChI=1S/C41H47N3O6/c1-29-37(27-44-21-19-43(20-22-44)26-30-7-3-2-4-8-30)49-41(50-40(29)33-15-13-31(28-45)14-16-33)36-12-6-11-35(24-36)34-10-5-9-32(23-34)25-42-38(46)17-18-39(47)48/h2-16,23-24,29,37,40-41,45H,17-22,25-28H2,1H3,(H,42,46)(H,47,48)/t29-,37+,40+,41+/m1/s1. The molecular formula is C41H47N3O6. The third kappa shape index (κ3) is 9.44. The van der Waals surface area contributed by atoms with Crippen LogP contribution in [0.15, 0.2) is 103 Å². The van der Waals surface area contributed by atoms with Crippen LogP contribution in [0.2, 0.25) is 0 Å². The van der Waals surface area contributed by atoms with E-state index < -0.39 is 12.3 Å². The van der Waals surface area contributed by atoms with Gasteiger partial charge in [-0.15, -0.1) is 0 Å². The van der Waals surface area contributed by atoms with Gasteiger partial charge in [0.25, 0.3) is 0 Å². The zero-order valence-electron chi connectivity index (χ0n) is 28.6. The molecule has 4 aromatic carbocycles. The number of carboxylic acid groups (broad SMARTS) is 1. The second-order valence-electron chi connectivity index (χ2n) is 13.4. The molecule has 0 unspecified atom stereocenters. The summed E-state index contributed by atoms with van der Waals surface area (Å²) in [5.74, 6) is -1.18. The first kappa shape index (κ1) is 35.4. The molecule has 50 heavy (non-hydrogen) atoms. The Bertz CT molecular complexity index is 1710. The van der Waals surface area contributed by atoms with Crippen LogP contribution in [0.4, 0.5) is 0 Å². The van der Waals surface area contributed by atoms with Crippen LogP contribution in [-0.4, -0.2) is 70.7 Å². The maximum atomic E-state index is 12.1. The van der Waals surface area contributed by atoms with Crippen LogP contribution < -0.4 is 5.32 Å². The SMILES string of the molecule is C[C@@H]1[C@H](CN2CCN(Cc3ccccc3)CC2)O[C@H](c2cccc(-c3cccc(CNC(=O)CCC(=O)O)c3)c2)O[C@@H]1c1ccc(CO)cc1. The van der Waals surface area contributed by atoms with E-state index in [0.717, 1.165) is 72.6 Å². The third-order valence-corrected chi connectivity index (χ3v) is 9.75. The van der Waals surface area contributed by atoms with Crippen molar-refractivity contribution in [1.82, 2.24) is 15.1 Å². The molecule has 4 atom stereocenters. The molecule has 9 heteroatoms. The summed E-state index contributed by atoms with van der Waals surface area (Å²) in [5, 5.41) is 21.3. The number of nitrogens with one attached hydrogen (secondary N) is 1. The Labute approximate surface area is 294 Å². The number of carbonyl (C=O) groups excluding carboxylic acids is 1. The summed E-state index contributed by atoms with van der Waals surface area (Å²) in [6.07, 6.45) is -1.06. The summed E-state index contributed by atoms with van der Waals surface area (Å²) in [7, 11) is 0. The van der Waals surface area contributed by atoms with Crippen molar-refractivity contribution in [3.05, 3.63) is 131 Å². The zero-order chi connectivity index (χ0) is 34.9. The first-order valence-electron chi connectivity index (χ1n) is 17.5. The number of aliphatic carboxylic acids is 1. The highest BCUT2D eigenvalue weighted by molar-refractivity contribution is 5.80. The van der Waals surface area contributed by atoms with Crippen LogP contribution in [0.1, 0.15) is 60.0 Å². The average Bonchev–Trinajstić information content (AvgIpc) is 3.15. The Morgan fingerprint density at radius 2 is 1.42 bits per heavy atom. The highest BCUT2D eigenvalue weighted by Gasteiger charge is 2.39. The molecule has 0 radical (unpaired) electrons. The van der Waals surface area contributed by atoms with Gasteiger partial charge in [-0.25, -0.2) is 0 Å². The summed E-state index contributed by atoms with van der Waals surface area (Å²) >= 11 is 0. The molecule has 9 nitrogen and oxygen atoms in total. The highest BCUT2D eigenvalue weighted by atomic mass is 16.7. The van der Waals surface area contributed by atoms with Gasteiger partial charge < -0.3 is 25.0 Å². The van der Waals surface area contributed by atoms with Gasteiger partial charge in [0.05, 0.1) is 25.2 Å². The predicted molar refractivity (Wildman–Crippen MR) is 192 cm³/mol. The lowest BCUT2D eigenvalue weighted by Crippen LogP contribution is -2.51. The number of carboxylic acids is 1. The van der Waals surface area contributed by atoms with Gasteiger partial charge in [0.2, 0.25) is 5.91 Å². The lowest BCUT2D eigenvalue weighted by atomic mass is 9.89. The topological polar surface area (TPSA) is 112 Å². The Morgan fingerprint density at radius 3 is 2.14 bits per heavy atom. The Balaban J connectivity index is 1.17. The van der Waals surface area contributed by atoms with Gasteiger partial charge in [0, 0.05) is 63.7 Å². The minimum absolute atomic E-state index is 0.00292. The summed E-state index contributed by atoms with van der Waals surface area (Å²) in [6.45, 7) is 8.27. The quantitative estimate of drug-likeness (QED) is 0.160. The van der Waals surface area contributed by atoms with Crippen molar-refractivity contribution in [2.24, 2.45) is 5.92 Å². The Kier molecular flexibility index (Phi) is 12.1. The predicted octanol–water partition coefficient (Wildman–Crippen LogP) is 5.94. The number of hydrogen-bond donors (Lipinski definition) is 3. The van der Waals surface area contributed by atoms with Crippen LogP contribution in [0.3, 0.4) is 0 Å². The summed E-state index contributed by atoms with van der Waals surface area (Å²) in [5.41, 5.74) is 7.12. The normalized spacial score (nSPS) is 21.5. The number of nitrogens with zero attached hydrogens (tertiary/aromatic N) is 2. The van der Waals surface area contributed by atoms with E-state index in [1.807, 2.05) is 48.5 Å². The first-order chi connectivity index (χ1) is 24.3. The van der Waals surface area contributed by atoms with Crippen molar-refractivity contribution in [2.75, 3.05) is 32.7 Å². The number of amides is 1. The molecule has 0 aromatic heterocycles. The number of hydrogen-bond acceptors (Lipinski definition) is 7. The molecule has 4 aromatic rings. The van der Waals surface area contributed by atoms with Crippen LogP contribution >= 0.6 is 0 Å². The van der Waals surface area contributed by atoms with E-state index in [1.54, 1.807) is 0 Å². The largest absolute Gasteiger partial charge is 0.481 e. The number of rotatable bonds is 13. The van der Waals surface area contributed by atoms with Gasteiger partial charge in [-0.2, -0.15) is 0 Å². The van der Waals surface area contributed by atoms with Gasteiger partial charge in [-0.3, -0.25) is 19.4 Å². The van der Waals surface area contributed by atoms with Crippen LogP contribution in [0, 0.1) is 5.92 Å². The van der Waals surface area contributed by atoms with Crippen LogP contribution in [-0.2, 0) is 38.8 Å². The van der Waals surface area contributed by atoms with Crippen molar-refractivity contribution >= 4 is 11.9 Å². The van der Waals surface area contributed by atoms with Gasteiger partial charge in [-0.05, 0) is 45.5 Å². The molecule has 2 aliphatic rings. The van der Waals surface area contributed by atoms with E-state index in [1.165, 1.54) is 5.56 Å². The molecule has 2 saturated heterocycles.